The van der Waals surface area contributed by atoms with Gasteiger partial charge in [0.1, 0.15) is 5.75 Å². The molecule has 2 aromatic rings. The first kappa shape index (κ1) is 22.6. The van der Waals surface area contributed by atoms with Crippen molar-refractivity contribution in [3.8, 4) is 5.75 Å². The molecule has 164 valence electrons. The smallest absolute Gasteiger partial charge is 0.338 e. The van der Waals surface area contributed by atoms with Gasteiger partial charge in [-0.15, -0.1) is 0 Å². The minimum absolute atomic E-state index is 0.0543. The number of benzene rings is 2. The number of carbonyl (C=O) groups is 1. The minimum Gasteiger partial charge on any atom is -0.496 e. The van der Waals surface area contributed by atoms with Gasteiger partial charge in [0.2, 0.25) is 0 Å². The molecular weight excluding hydrogens is 388 g/mol. The minimum atomic E-state index is -0.342. The fourth-order valence-corrected chi connectivity index (χ4v) is 4.10. The van der Waals surface area contributed by atoms with Crippen LogP contribution in [-0.4, -0.2) is 38.0 Å². The number of carbonyl (C=O) groups excluding carboxylic acids is 1. The molecule has 31 heavy (non-hydrogen) atoms. The second kappa shape index (κ2) is 9.38. The lowest BCUT2D eigenvalue weighted by Gasteiger charge is -2.43. The van der Waals surface area contributed by atoms with Gasteiger partial charge in [-0.2, -0.15) is 0 Å². The van der Waals surface area contributed by atoms with Crippen LogP contribution in [0.3, 0.4) is 0 Å². The van der Waals surface area contributed by atoms with Gasteiger partial charge in [0, 0.05) is 35.6 Å². The van der Waals surface area contributed by atoms with E-state index in [2.05, 4.69) is 55.8 Å². The molecule has 0 N–H and O–H groups in total. The molecule has 0 saturated carbocycles. The Morgan fingerprint density at radius 2 is 1.97 bits per heavy atom. The highest BCUT2D eigenvalue weighted by Crippen LogP contribution is 2.42. The quantitative estimate of drug-likeness (QED) is 0.405. The summed E-state index contributed by atoms with van der Waals surface area (Å²) in [5, 5.41) is 0. The Hall–Kier alpha value is -3.08. The lowest BCUT2D eigenvalue weighted by molar-refractivity contribution is 0.0526. The number of anilines is 1. The van der Waals surface area contributed by atoms with Crippen LogP contribution in [0.5, 0.6) is 5.75 Å². The number of esters is 1. The molecule has 1 aliphatic rings. The van der Waals surface area contributed by atoms with Gasteiger partial charge < -0.3 is 14.4 Å². The van der Waals surface area contributed by atoms with Gasteiger partial charge in [-0.25, -0.2) is 4.79 Å². The lowest BCUT2D eigenvalue weighted by atomic mass is 9.87. The summed E-state index contributed by atoms with van der Waals surface area (Å²) in [6.45, 7) is 11.9. The van der Waals surface area contributed by atoms with Crippen LogP contribution in [-0.2, 0) is 4.74 Å². The first-order chi connectivity index (χ1) is 14.8. The van der Waals surface area contributed by atoms with Gasteiger partial charge >= 0.3 is 5.97 Å². The van der Waals surface area contributed by atoms with Crippen molar-refractivity contribution in [1.82, 2.24) is 0 Å². The monoisotopic (exact) mass is 420 g/mol. The van der Waals surface area contributed by atoms with Crippen LogP contribution in [0.15, 0.2) is 47.5 Å². The number of rotatable bonds is 7. The Morgan fingerprint density at radius 1 is 1.19 bits per heavy atom. The molecule has 0 aromatic heterocycles. The second-order valence-corrected chi connectivity index (χ2v) is 8.27. The number of ether oxygens (including phenoxy) is 2. The summed E-state index contributed by atoms with van der Waals surface area (Å²) < 4.78 is 10.8. The van der Waals surface area contributed by atoms with Crippen molar-refractivity contribution in [1.29, 1.82) is 0 Å². The van der Waals surface area contributed by atoms with Crippen molar-refractivity contribution in [3.63, 3.8) is 0 Å². The van der Waals surface area contributed by atoms with E-state index < -0.39 is 0 Å². The number of hydrogen-bond acceptors (Lipinski definition) is 5. The zero-order valence-electron chi connectivity index (χ0n) is 19.4. The topological polar surface area (TPSA) is 51.1 Å². The summed E-state index contributed by atoms with van der Waals surface area (Å²) in [4.78, 5) is 19.0. The van der Waals surface area contributed by atoms with Crippen LogP contribution < -0.4 is 9.64 Å². The number of allylic oxidation sites excluding steroid dienone is 1. The number of nitrogens with zero attached hydrogens (tertiary/aromatic N) is 2. The molecule has 3 rings (SSSR count). The molecule has 0 radical (unpaired) electrons. The van der Waals surface area contributed by atoms with E-state index in [-0.39, 0.29) is 11.5 Å². The molecule has 1 aliphatic heterocycles. The van der Waals surface area contributed by atoms with Crippen LogP contribution in [0.2, 0.25) is 0 Å². The highest BCUT2D eigenvalue weighted by atomic mass is 16.5. The number of fused-ring (bicyclic) bond motifs is 1. The molecule has 0 spiro atoms. The van der Waals surface area contributed by atoms with Crippen molar-refractivity contribution < 1.29 is 14.3 Å². The van der Waals surface area contributed by atoms with Crippen molar-refractivity contribution in [2.45, 2.75) is 46.6 Å². The van der Waals surface area contributed by atoms with E-state index >= 15 is 0 Å². The molecular formula is C26H32N2O3. The summed E-state index contributed by atoms with van der Waals surface area (Å²) >= 11 is 0. The summed E-state index contributed by atoms with van der Waals surface area (Å²) in [6.07, 6.45) is 5.18. The fourth-order valence-electron chi connectivity index (χ4n) is 4.10. The van der Waals surface area contributed by atoms with Gasteiger partial charge in [0.25, 0.3) is 0 Å². The zero-order chi connectivity index (χ0) is 22.6. The van der Waals surface area contributed by atoms with Crippen molar-refractivity contribution in [2.24, 2.45) is 4.99 Å². The van der Waals surface area contributed by atoms with Gasteiger partial charge in [-0.05, 0) is 64.0 Å². The van der Waals surface area contributed by atoms with E-state index in [1.165, 1.54) is 16.8 Å². The molecule has 2 aromatic carbocycles. The third kappa shape index (κ3) is 4.82. The van der Waals surface area contributed by atoms with Gasteiger partial charge in [0.05, 0.1) is 30.5 Å². The molecule has 5 heteroatoms. The largest absolute Gasteiger partial charge is 0.496 e. The van der Waals surface area contributed by atoms with E-state index in [1.807, 2.05) is 6.07 Å². The van der Waals surface area contributed by atoms with Crippen LogP contribution >= 0.6 is 0 Å². The molecule has 0 aliphatic carbocycles. The average Bonchev–Trinajstić information content (AvgIpc) is 2.74. The van der Waals surface area contributed by atoms with Gasteiger partial charge in [0.15, 0.2) is 0 Å². The zero-order valence-corrected chi connectivity index (χ0v) is 19.4. The van der Waals surface area contributed by atoms with Gasteiger partial charge in [-0.1, -0.05) is 19.1 Å². The molecule has 0 amide bonds. The Kier molecular flexibility index (Phi) is 6.84. The molecule has 0 bridgehead atoms. The summed E-state index contributed by atoms with van der Waals surface area (Å²) in [5.74, 6) is 0.431. The van der Waals surface area contributed by atoms with E-state index in [9.17, 15) is 4.79 Å². The summed E-state index contributed by atoms with van der Waals surface area (Å²) in [5.41, 5.74) is 5.64. The Morgan fingerprint density at radius 3 is 2.65 bits per heavy atom. The summed E-state index contributed by atoms with van der Waals surface area (Å²) in [6, 6.07) is 11.4. The Balaban J connectivity index is 2.00. The molecule has 1 heterocycles. The predicted octanol–water partition coefficient (Wildman–Crippen LogP) is 6.03. The van der Waals surface area contributed by atoms with E-state index in [0.29, 0.717) is 17.9 Å². The maximum absolute atomic E-state index is 12.0. The van der Waals surface area contributed by atoms with Crippen LogP contribution in [0.4, 0.5) is 11.4 Å². The van der Waals surface area contributed by atoms with Gasteiger partial charge in [-0.3, -0.25) is 4.99 Å². The fraction of sp³-hybridized carbons (Fsp3) is 0.385. The third-order valence-corrected chi connectivity index (χ3v) is 5.49. The van der Waals surface area contributed by atoms with E-state index in [4.69, 9.17) is 9.47 Å². The summed E-state index contributed by atoms with van der Waals surface area (Å²) in [7, 11) is 1.68. The van der Waals surface area contributed by atoms with E-state index in [0.717, 1.165) is 24.3 Å². The Bertz CT molecular complexity index is 1020. The van der Waals surface area contributed by atoms with Crippen molar-refractivity contribution >= 4 is 29.1 Å². The lowest BCUT2D eigenvalue weighted by Crippen LogP contribution is -2.45. The maximum Gasteiger partial charge on any atom is 0.338 e. The average molecular weight is 421 g/mol. The Labute approximate surface area is 185 Å². The predicted molar refractivity (Wildman–Crippen MR) is 128 cm³/mol. The van der Waals surface area contributed by atoms with Crippen LogP contribution in [0, 0.1) is 0 Å². The first-order valence-corrected chi connectivity index (χ1v) is 10.8. The SMILES string of the molecule is CCCN1c2cc(OC)c(C=Nc3cccc(C(=O)OCC)c3)cc2C(C)=CC1(C)C. The molecule has 0 saturated heterocycles. The molecule has 0 fully saturated rings. The third-order valence-electron chi connectivity index (χ3n) is 5.49. The standard InChI is InChI=1S/C26H32N2O3/c1-7-12-28-23-15-24(30-6)20(14-22(23)18(3)16-26(28,4)5)17-27-21-11-9-10-19(13-21)25(29)31-8-2/h9-11,13-17H,7-8,12H2,1-6H3. The maximum atomic E-state index is 12.0. The van der Waals surface area contributed by atoms with Crippen molar-refractivity contribution in [2.75, 3.05) is 25.2 Å². The molecule has 0 unspecified atom stereocenters. The van der Waals surface area contributed by atoms with E-state index in [1.54, 1.807) is 38.4 Å². The second-order valence-electron chi connectivity index (χ2n) is 8.27. The number of methoxy groups -OCH3 is 1. The first-order valence-electron chi connectivity index (χ1n) is 10.8. The van der Waals surface area contributed by atoms with Crippen LogP contribution in [0.25, 0.3) is 5.57 Å². The number of aliphatic imine (C=N–C) groups is 1. The normalized spacial score (nSPS) is 14.9. The highest BCUT2D eigenvalue weighted by Gasteiger charge is 2.31. The highest BCUT2D eigenvalue weighted by molar-refractivity contribution is 5.93. The molecule has 0 atom stereocenters. The number of hydrogen-bond donors (Lipinski definition) is 0. The van der Waals surface area contributed by atoms with Crippen LogP contribution in [0.1, 0.15) is 62.5 Å². The molecule has 5 nitrogen and oxygen atoms in total. The van der Waals surface area contributed by atoms with Crippen molar-refractivity contribution in [3.05, 3.63) is 59.2 Å².